The number of hydrogen-bond acceptors (Lipinski definition) is 2. The molecule has 1 saturated heterocycles. The highest BCUT2D eigenvalue weighted by Gasteiger charge is 2.11. The molecule has 1 aliphatic heterocycles. The molecule has 1 N–H and O–H groups in total. The molecule has 1 heterocycles. The van der Waals surface area contributed by atoms with Crippen LogP contribution in [0.1, 0.15) is 30.9 Å². The Balaban J connectivity index is 1.88. The van der Waals surface area contributed by atoms with Crippen LogP contribution in [0.4, 0.5) is 0 Å². The number of likely N-dealkylation sites (tertiary alicyclic amines) is 1. The highest BCUT2D eigenvalue weighted by atomic mass is 16.3. The number of nitrogens with zero attached hydrogens (tertiary/aromatic N) is 1. The van der Waals surface area contributed by atoms with Gasteiger partial charge in [0.05, 0.1) is 0 Å². The van der Waals surface area contributed by atoms with Crippen LogP contribution in [-0.2, 0) is 13.0 Å². The zero-order valence-corrected chi connectivity index (χ0v) is 10.7. The molecular formula is C15H23NO. The number of benzene rings is 1. The summed E-state index contributed by atoms with van der Waals surface area (Å²) in [6.07, 6.45) is 3.68. The van der Waals surface area contributed by atoms with Crippen molar-refractivity contribution in [1.82, 2.24) is 4.90 Å². The summed E-state index contributed by atoms with van der Waals surface area (Å²) in [6, 6.07) is 8.88. The third kappa shape index (κ3) is 3.83. The fraction of sp³-hybridized carbons (Fsp3) is 0.600. The van der Waals surface area contributed by atoms with Crippen molar-refractivity contribution >= 4 is 0 Å². The monoisotopic (exact) mass is 233 g/mol. The average Bonchev–Trinajstić information content (AvgIpc) is 2.84. The maximum atomic E-state index is 9.03. The van der Waals surface area contributed by atoms with Crippen LogP contribution in [0.3, 0.4) is 0 Å². The van der Waals surface area contributed by atoms with Crippen molar-refractivity contribution < 1.29 is 5.11 Å². The minimum absolute atomic E-state index is 0.273. The topological polar surface area (TPSA) is 23.5 Å². The van der Waals surface area contributed by atoms with Gasteiger partial charge < -0.3 is 5.11 Å². The molecule has 94 valence electrons. The lowest BCUT2D eigenvalue weighted by Gasteiger charge is -2.15. The molecule has 2 rings (SSSR count). The van der Waals surface area contributed by atoms with E-state index in [0.29, 0.717) is 5.92 Å². The number of rotatable bonds is 5. The molecule has 0 saturated carbocycles. The van der Waals surface area contributed by atoms with Gasteiger partial charge in [0, 0.05) is 13.2 Å². The highest BCUT2D eigenvalue weighted by Crippen LogP contribution is 2.14. The van der Waals surface area contributed by atoms with Crippen LogP contribution in [0.15, 0.2) is 24.3 Å². The van der Waals surface area contributed by atoms with Crippen LogP contribution in [0.2, 0.25) is 0 Å². The Hall–Kier alpha value is -0.860. The molecule has 2 nitrogen and oxygen atoms in total. The molecule has 1 aliphatic rings. The molecule has 0 spiro atoms. The van der Waals surface area contributed by atoms with E-state index < -0.39 is 0 Å². The lowest BCUT2D eigenvalue weighted by molar-refractivity contribution is 0.237. The molecule has 2 heteroatoms. The van der Waals surface area contributed by atoms with E-state index in [1.54, 1.807) is 0 Å². The average molecular weight is 233 g/mol. The van der Waals surface area contributed by atoms with E-state index in [1.807, 2.05) is 0 Å². The summed E-state index contributed by atoms with van der Waals surface area (Å²) in [5, 5.41) is 9.03. The summed E-state index contributed by atoms with van der Waals surface area (Å²) in [5.41, 5.74) is 2.74. The smallest absolute Gasteiger partial charge is 0.0459 e. The molecule has 0 bridgehead atoms. The van der Waals surface area contributed by atoms with Crippen molar-refractivity contribution in [1.29, 1.82) is 0 Å². The summed E-state index contributed by atoms with van der Waals surface area (Å²) >= 11 is 0. The quantitative estimate of drug-likeness (QED) is 0.844. The predicted octanol–water partition coefficient (Wildman–Crippen LogP) is 2.45. The van der Waals surface area contributed by atoms with Gasteiger partial charge in [-0.3, -0.25) is 4.90 Å². The summed E-state index contributed by atoms with van der Waals surface area (Å²) in [4.78, 5) is 2.52. The normalized spacial score (nSPS) is 18.5. The second-order valence-corrected chi connectivity index (χ2v) is 5.29. The first-order chi connectivity index (χ1) is 8.28. The third-order valence-electron chi connectivity index (χ3n) is 3.52. The zero-order chi connectivity index (χ0) is 12.1. The molecular weight excluding hydrogens is 210 g/mol. The van der Waals surface area contributed by atoms with Gasteiger partial charge in [-0.1, -0.05) is 31.2 Å². The van der Waals surface area contributed by atoms with Crippen molar-refractivity contribution in [2.24, 2.45) is 5.92 Å². The van der Waals surface area contributed by atoms with Crippen molar-refractivity contribution in [3.63, 3.8) is 0 Å². The first-order valence-electron chi connectivity index (χ1n) is 6.69. The largest absolute Gasteiger partial charge is 0.396 e. The number of aliphatic hydroxyl groups excluding tert-OH is 1. The van der Waals surface area contributed by atoms with Gasteiger partial charge in [0.1, 0.15) is 0 Å². The number of aliphatic hydroxyl groups is 1. The highest BCUT2D eigenvalue weighted by molar-refractivity contribution is 5.23. The van der Waals surface area contributed by atoms with E-state index in [0.717, 1.165) is 13.0 Å². The molecule has 0 radical (unpaired) electrons. The van der Waals surface area contributed by atoms with Crippen molar-refractivity contribution in [2.45, 2.75) is 32.7 Å². The number of hydrogen-bond donors (Lipinski definition) is 1. The molecule has 17 heavy (non-hydrogen) atoms. The molecule has 0 amide bonds. The van der Waals surface area contributed by atoms with E-state index in [4.69, 9.17) is 5.11 Å². The second kappa shape index (κ2) is 6.18. The molecule has 0 unspecified atom stereocenters. The Morgan fingerprint density at radius 2 is 1.71 bits per heavy atom. The summed E-state index contributed by atoms with van der Waals surface area (Å²) in [7, 11) is 0. The van der Waals surface area contributed by atoms with Crippen LogP contribution in [0, 0.1) is 5.92 Å². The molecule has 0 aliphatic carbocycles. The maximum absolute atomic E-state index is 9.03. The Kier molecular flexibility index (Phi) is 4.57. The van der Waals surface area contributed by atoms with Gasteiger partial charge in [-0.05, 0) is 49.4 Å². The Labute approximate surface area is 104 Å². The lowest BCUT2D eigenvalue weighted by atomic mass is 10.0. The van der Waals surface area contributed by atoms with E-state index >= 15 is 0 Å². The third-order valence-corrected chi connectivity index (χ3v) is 3.52. The standard InChI is InChI=1S/C15H23NO/c1-13(12-17)10-14-4-6-15(7-5-14)11-16-8-2-3-9-16/h4-7,13,17H,2-3,8-12H2,1H3/t13-/m0/s1. The van der Waals surface area contributed by atoms with E-state index in [1.165, 1.54) is 37.1 Å². The Bertz CT molecular complexity index is 327. The maximum Gasteiger partial charge on any atom is 0.0459 e. The van der Waals surface area contributed by atoms with Crippen molar-refractivity contribution in [3.05, 3.63) is 35.4 Å². The molecule has 1 aromatic rings. The molecule has 1 fully saturated rings. The van der Waals surface area contributed by atoms with E-state index in [-0.39, 0.29) is 6.61 Å². The van der Waals surface area contributed by atoms with E-state index in [9.17, 15) is 0 Å². The molecule has 1 aromatic carbocycles. The van der Waals surface area contributed by atoms with Gasteiger partial charge in [-0.2, -0.15) is 0 Å². The summed E-state index contributed by atoms with van der Waals surface area (Å²) in [5.74, 6) is 0.361. The van der Waals surface area contributed by atoms with Gasteiger partial charge in [0.25, 0.3) is 0 Å². The minimum atomic E-state index is 0.273. The minimum Gasteiger partial charge on any atom is -0.396 e. The van der Waals surface area contributed by atoms with Crippen LogP contribution in [0.5, 0.6) is 0 Å². The molecule has 1 atom stereocenters. The second-order valence-electron chi connectivity index (χ2n) is 5.29. The van der Waals surface area contributed by atoms with Crippen LogP contribution < -0.4 is 0 Å². The van der Waals surface area contributed by atoms with Crippen molar-refractivity contribution in [2.75, 3.05) is 19.7 Å². The predicted molar refractivity (Wildman–Crippen MR) is 70.9 cm³/mol. The first kappa shape index (κ1) is 12.6. The van der Waals surface area contributed by atoms with Crippen molar-refractivity contribution in [3.8, 4) is 0 Å². The summed E-state index contributed by atoms with van der Waals surface area (Å²) < 4.78 is 0. The fourth-order valence-corrected chi connectivity index (χ4v) is 2.45. The summed E-state index contributed by atoms with van der Waals surface area (Å²) in [6.45, 7) is 5.95. The van der Waals surface area contributed by atoms with Gasteiger partial charge in [0.15, 0.2) is 0 Å². The Morgan fingerprint density at radius 1 is 1.12 bits per heavy atom. The molecule has 0 aromatic heterocycles. The lowest BCUT2D eigenvalue weighted by Crippen LogP contribution is -2.18. The van der Waals surface area contributed by atoms with E-state index in [2.05, 4.69) is 36.1 Å². The fourth-order valence-electron chi connectivity index (χ4n) is 2.45. The van der Waals surface area contributed by atoms with Gasteiger partial charge >= 0.3 is 0 Å². The van der Waals surface area contributed by atoms with Gasteiger partial charge in [-0.25, -0.2) is 0 Å². The Morgan fingerprint density at radius 3 is 2.29 bits per heavy atom. The van der Waals surface area contributed by atoms with Crippen LogP contribution >= 0.6 is 0 Å². The van der Waals surface area contributed by atoms with Gasteiger partial charge in [-0.15, -0.1) is 0 Å². The van der Waals surface area contributed by atoms with Crippen LogP contribution in [0.25, 0.3) is 0 Å². The SMILES string of the molecule is C[C@H](CO)Cc1ccc(CN2CCCC2)cc1. The first-order valence-corrected chi connectivity index (χ1v) is 6.69. The zero-order valence-electron chi connectivity index (χ0n) is 10.7. The van der Waals surface area contributed by atoms with Crippen LogP contribution in [-0.4, -0.2) is 29.7 Å². The van der Waals surface area contributed by atoms with Gasteiger partial charge in [0.2, 0.25) is 0 Å².